The predicted molar refractivity (Wildman–Crippen MR) is 97.1 cm³/mol. The van der Waals surface area contributed by atoms with Gasteiger partial charge in [0.1, 0.15) is 0 Å². The van der Waals surface area contributed by atoms with Crippen molar-refractivity contribution in [2.75, 3.05) is 32.7 Å². The van der Waals surface area contributed by atoms with Crippen LogP contribution in [0.15, 0.2) is 0 Å². The highest BCUT2D eigenvalue weighted by atomic mass is 16.3. The SMILES string of the molecule is Cc1nn(C)c(C)c1[C@@H]1CCCN1C[C@H](O)CN1CCC(C)CC1. The molecule has 1 aromatic heterocycles. The molecular weight excluding hydrogens is 300 g/mol. The summed E-state index contributed by atoms with van der Waals surface area (Å²) in [6.45, 7) is 11.6. The Kier molecular flexibility index (Phi) is 5.63. The molecule has 24 heavy (non-hydrogen) atoms. The zero-order valence-corrected chi connectivity index (χ0v) is 15.8. The summed E-state index contributed by atoms with van der Waals surface area (Å²) in [7, 11) is 2.03. The first-order chi connectivity index (χ1) is 11.5. The minimum absolute atomic E-state index is 0.253. The van der Waals surface area contributed by atoms with Gasteiger partial charge in [-0.05, 0) is 65.1 Å². The van der Waals surface area contributed by atoms with Gasteiger partial charge < -0.3 is 10.0 Å². The van der Waals surface area contributed by atoms with E-state index in [4.69, 9.17) is 0 Å². The highest BCUT2D eigenvalue weighted by Crippen LogP contribution is 2.35. The maximum Gasteiger partial charge on any atom is 0.0794 e. The average Bonchev–Trinajstić information content (AvgIpc) is 3.06. The standard InChI is InChI=1S/C19H34N4O/c1-14-7-10-22(11-8-14)12-17(24)13-23-9-5-6-18(23)19-15(2)20-21(4)16(19)3/h14,17-18,24H,5-13H2,1-4H3/t17-,18+/m1/s1. The molecule has 136 valence electrons. The van der Waals surface area contributed by atoms with Crippen molar-refractivity contribution in [2.45, 2.75) is 58.6 Å². The van der Waals surface area contributed by atoms with E-state index in [-0.39, 0.29) is 6.10 Å². The number of hydrogen-bond donors (Lipinski definition) is 1. The summed E-state index contributed by atoms with van der Waals surface area (Å²) in [4.78, 5) is 4.92. The minimum atomic E-state index is -0.253. The van der Waals surface area contributed by atoms with Gasteiger partial charge in [0.05, 0.1) is 11.8 Å². The fourth-order valence-corrected chi connectivity index (χ4v) is 4.51. The monoisotopic (exact) mass is 334 g/mol. The predicted octanol–water partition coefficient (Wildman–Crippen LogP) is 2.27. The van der Waals surface area contributed by atoms with Crippen LogP contribution in [0.4, 0.5) is 0 Å². The molecular formula is C19H34N4O. The molecule has 2 aliphatic rings. The van der Waals surface area contributed by atoms with E-state index in [0.29, 0.717) is 6.04 Å². The number of aliphatic hydroxyl groups is 1. The summed E-state index contributed by atoms with van der Waals surface area (Å²) in [5.41, 5.74) is 3.80. The molecule has 0 bridgehead atoms. The fourth-order valence-electron chi connectivity index (χ4n) is 4.51. The largest absolute Gasteiger partial charge is 0.390 e. The van der Waals surface area contributed by atoms with Crippen molar-refractivity contribution in [2.24, 2.45) is 13.0 Å². The van der Waals surface area contributed by atoms with Gasteiger partial charge in [-0.25, -0.2) is 0 Å². The first-order valence-electron chi connectivity index (χ1n) is 9.60. The summed E-state index contributed by atoms with van der Waals surface area (Å²) in [6.07, 6.45) is 4.69. The number of piperidine rings is 1. The van der Waals surface area contributed by atoms with Crippen LogP contribution in [-0.4, -0.2) is 63.5 Å². The number of likely N-dealkylation sites (tertiary alicyclic amines) is 2. The molecule has 0 aliphatic carbocycles. The second-order valence-corrected chi connectivity index (χ2v) is 8.00. The van der Waals surface area contributed by atoms with Crippen LogP contribution in [0, 0.1) is 19.8 Å². The minimum Gasteiger partial charge on any atom is -0.390 e. The second kappa shape index (κ2) is 7.54. The zero-order valence-electron chi connectivity index (χ0n) is 15.8. The summed E-state index contributed by atoms with van der Waals surface area (Å²) >= 11 is 0. The first kappa shape index (κ1) is 17.9. The van der Waals surface area contributed by atoms with Crippen molar-refractivity contribution >= 4 is 0 Å². The van der Waals surface area contributed by atoms with Crippen LogP contribution >= 0.6 is 0 Å². The number of aryl methyl sites for hydroxylation is 2. The van der Waals surface area contributed by atoms with Gasteiger partial charge in [0, 0.05) is 37.4 Å². The number of aliphatic hydroxyl groups excluding tert-OH is 1. The molecule has 0 amide bonds. The van der Waals surface area contributed by atoms with E-state index in [1.54, 1.807) is 0 Å². The third kappa shape index (κ3) is 3.84. The van der Waals surface area contributed by atoms with Crippen LogP contribution in [0.2, 0.25) is 0 Å². The van der Waals surface area contributed by atoms with Gasteiger partial charge in [-0.1, -0.05) is 6.92 Å². The van der Waals surface area contributed by atoms with Gasteiger partial charge in [-0.3, -0.25) is 9.58 Å². The molecule has 0 aromatic carbocycles. The lowest BCUT2D eigenvalue weighted by Gasteiger charge is -2.33. The lowest BCUT2D eigenvalue weighted by molar-refractivity contribution is 0.0575. The maximum absolute atomic E-state index is 10.6. The molecule has 2 saturated heterocycles. The molecule has 3 heterocycles. The van der Waals surface area contributed by atoms with E-state index in [0.717, 1.165) is 44.3 Å². The van der Waals surface area contributed by atoms with Crippen LogP contribution in [0.3, 0.4) is 0 Å². The fraction of sp³-hybridized carbons (Fsp3) is 0.842. The van der Waals surface area contributed by atoms with E-state index in [1.807, 2.05) is 11.7 Å². The third-order valence-electron chi connectivity index (χ3n) is 6.05. The average molecular weight is 335 g/mol. The Labute approximate surface area is 146 Å². The zero-order chi connectivity index (χ0) is 17.3. The van der Waals surface area contributed by atoms with Crippen LogP contribution in [0.25, 0.3) is 0 Å². The van der Waals surface area contributed by atoms with E-state index in [2.05, 4.69) is 35.7 Å². The van der Waals surface area contributed by atoms with Crippen LogP contribution < -0.4 is 0 Å². The van der Waals surface area contributed by atoms with Gasteiger partial charge >= 0.3 is 0 Å². The van der Waals surface area contributed by atoms with Crippen LogP contribution in [0.5, 0.6) is 0 Å². The maximum atomic E-state index is 10.6. The molecule has 5 heteroatoms. The van der Waals surface area contributed by atoms with Gasteiger partial charge in [-0.2, -0.15) is 5.10 Å². The summed E-state index contributed by atoms with van der Waals surface area (Å²) in [5.74, 6) is 0.845. The highest BCUT2D eigenvalue weighted by molar-refractivity contribution is 5.29. The Morgan fingerprint density at radius 3 is 2.46 bits per heavy atom. The van der Waals surface area contributed by atoms with Crippen molar-refractivity contribution in [1.29, 1.82) is 0 Å². The molecule has 2 fully saturated rings. The lowest BCUT2D eigenvalue weighted by atomic mass is 9.99. The number of nitrogens with zero attached hydrogens (tertiary/aromatic N) is 4. The van der Waals surface area contributed by atoms with Gasteiger partial charge in [0.15, 0.2) is 0 Å². The van der Waals surface area contributed by atoms with Crippen LogP contribution in [-0.2, 0) is 7.05 Å². The smallest absolute Gasteiger partial charge is 0.0794 e. The molecule has 0 radical (unpaired) electrons. The molecule has 2 aliphatic heterocycles. The van der Waals surface area contributed by atoms with Crippen LogP contribution in [0.1, 0.15) is 55.6 Å². The number of hydrogen-bond acceptors (Lipinski definition) is 4. The quantitative estimate of drug-likeness (QED) is 0.897. The Morgan fingerprint density at radius 2 is 1.83 bits per heavy atom. The Balaban J connectivity index is 1.59. The van der Waals surface area contributed by atoms with E-state index in [9.17, 15) is 5.11 Å². The topological polar surface area (TPSA) is 44.5 Å². The van der Waals surface area contributed by atoms with E-state index < -0.39 is 0 Å². The molecule has 3 rings (SSSR count). The number of β-amino-alcohol motifs (C(OH)–C–C–N with tert-alkyl or cyclic N) is 1. The first-order valence-corrected chi connectivity index (χ1v) is 9.60. The summed E-state index contributed by atoms with van der Waals surface area (Å²) in [6, 6.07) is 0.426. The normalized spacial score (nSPS) is 25.5. The van der Waals surface area contributed by atoms with Gasteiger partial charge in [0.25, 0.3) is 0 Å². The van der Waals surface area contributed by atoms with E-state index >= 15 is 0 Å². The molecule has 1 aromatic rings. The molecule has 5 nitrogen and oxygen atoms in total. The second-order valence-electron chi connectivity index (χ2n) is 8.00. The van der Waals surface area contributed by atoms with Crippen molar-refractivity contribution in [1.82, 2.24) is 19.6 Å². The Morgan fingerprint density at radius 1 is 1.12 bits per heavy atom. The number of aromatic nitrogens is 2. The molecule has 2 atom stereocenters. The lowest BCUT2D eigenvalue weighted by Crippen LogP contribution is -2.43. The number of rotatable bonds is 5. The molecule has 0 spiro atoms. The Bertz CT molecular complexity index is 548. The van der Waals surface area contributed by atoms with Crippen molar-refractivity contribution in [3.8, 4) is 0 Å². The molecule has 0 unspecified atom stereocenters. The molecule has 0 saturated carbocycles. The van der Waals surface area contributed by atoms with Crippen molar-refractivity contribution < 1.29 is 5.11 Å². The highest BCUT2D eigenvalue weighted by Gasteiger charge is 2.31. The molecule has 1 N–H and O–H groups in total. The van der Waals surface area contributed by atoms with Gasteiger partial charge in [-0.15, -0.1) is 0 Å². The summed E-state index contributed by atoms with van der Waals surface area (Å²) < 4.78 is 1.99. The van der Waals surface area contributed by atoms with Gasteiger partial charge in [0.2, 0.25) is 0 Å². The van der Waals surface area contributed by atoms with E-state index in [1.165, 1.54) is 36.9 Å². The Hall–Kier alpha value is -0.910. The third-order valence-corrected chi connectivity index (χ3v) is 6.05. The summed E-state index contributed by atoms with van der Waals surface area (Å²) in [5, 5.41) is 15.2. The van der Waals surface area contributed by atoms with Crippen molar-refractivity contribution in [3.05, 3.63) is 17.0 Å². The van der Waals surface area contributed by atoms with Crippen molar-refractivity contribution in [3.63, 3.8) is 0 Å².